The molecule has 0 aliphatic carbocycles. The van der Waals surface area contributed by atoms with E-state index in [1.165, 1.54) is 5.56 Å². The van der Waals surface area contributed by atoms with E-state index in [9.17, 15) is 4.79 Å². The van der Waals surface area contributed by atoms with Gasteiger partial charge in [-0.05, 0) is 62.6 Å². The summed E-state index contributed by atoms with van der Waals surface area (Å²) in [5.74, 6) is 2.01. The first kappa shape index (κ1) is 18.9. The highest BCUT2D eigenvalue weighted by Crippen LogP contribution is 2.26. The molecule has 2 aliphatic rings. The standard InChI is InChI=1S/C23H30N4O/c1-18-9-10-22(25-24-18)27-13-5-8-21(17-27)23(28)26-14-11-20(12-15-26)16-19-6-3-2-4-7-19/h2-4,6-7,9-10,20-21H,5,8,11-17H2,1H3. The fourth-order valence-electron chi connectivity index (χ4n) is 4.51. The van der Waals surface area contributed by atoms with Crippen molar-refractivity contribution in [3.63, 3.8) is 0 Å². The predicted molar refractivity (Wildman–Crippen MR) is 111 cm³/mol. The summed E-state index contributed by atoms with van der Waals surface area (Å²) in [7, 11) is 0. The summed E-state index contributed by atoms with van der Waals surface area (Å²) in [5.41, 5.74) is 2.33. The van der Waals surface area contributed by atoms with E-state index in [2.05, 4.69) is 50.3 Å². The Morgan fingerprint density at radius 3 is 2.50 bits per heavy atom. The number of aromatic nitrogens is 2. The van der Waals surface area contributed by atoms with Gasteiger partial charge in [-0.25, -0.2) is 0 Å². The fraction of sp³-hybridized carbons (Fsp3) is 0.522. The zero-order valence-corrected chi connectivity index (χ0v) is 16.8. The summed E-state index contributed by atoms with van der Waals surface area (Å²) in [4.78, 5) is 17.4. The second-order valence-corrected chi connectivity index (χ2v) is 8.28. The van der Waals surface area contributed by atoms with Crippen molar-refractivity contribution in [1.82, 2.24) is 15.1 Å². The molecule has 0 spiro atoms. The normalized spacial score (nSPS) is 21.0. The van der Waals surface area contributed by atoms with Gasteiger partial charge in [0.15, 0.2) is 5.82 Å². The van der Waals surface area contributed by atoms with E-state index in [0.717, 1.165) is 69.8 Å². The van der Waals surface area contributed by atoms with Crippen molar-refractivity contribution in [3.8, 4) is 0 Å². The first-order valence-corrected chi connectivity index (χ1v) is 10.6. The van der Waals surface area contributed by atoms with Crippen LogP contribution in [0.1, 0.15) is 36.9 Å². The zero-order valence-electron chi connectivity index (χ0n) is 16.8. The first-order valence-electron chi connectivity index (χ1n) is 10.6. The molecule has 1 aromatic heterocycles. The van der Waals surface area contributed by atoms with Crippen LogP contribution in [0.2, 0.25) is 0 Å². The van der Waals surface area contributed by atoms with Gasteiger partial charge in [-0.15, -0.1) is 5.10 Å². The molecule has 2 aromatic rings. The van der Waals surface area contributed by atoms with Crippen molar-refractivity contribution in [1.29, 1.82) is 0 Å². The van der Waals surface area contributed by atoms with Gasteiger partial charge in [-0.2, -0.15) is 5.10 Å². The minimum absolute atomic E-state index is 0.0857. The summed E-state index contributed by atoms with van der Waals surface area (Å²) >= 11 is 0. The van der Waals surface area contributed by atoms with E-state index in [4.69, 9.17) is 0 Å². The highest BCUT2D eigenvalue weighted by molar-refractivity contribution is 5.79. The van der Waals surface area contributed by atoms with Crippen LogP contribution in [0, 0.1) is 18.8 Å². The van der Waals surface area contributed by atoms with Gasteiger partial charge in [0.1, 0.15) is 0 Å². The van der Waals surface area contributed by atoms with Gasteiger partial charge in [-0.3, -0.25) is 4.79 Å². The van der Waals surface area contributed by atoms with Crippen LogP contribution >= 0.6 is 0 Å². The third-order valence-electron chi connectivity index (χ3n) is 6.17. The van der Waals surface area contributed by atoms with Crippen LogP contribution < -0.4 is 4.90 Å². The Balaban J connectivity index is 1.30. The van der Waals surface area contributed by atoms with Crippen molar-refractivity contribution in [2.45, 2.75) is 39.0 Å². The number of nitrogens with zero attached hydrogens (tertiary/aromatic N) is 4. The third kappa shape index (κ3) is 4.51. The van der Waals surface area contributed by atoms with Gasteiger partial charge in [0, 0.05) is 26.2 Å². The van der Waals surface area contributed by atoms with Crippen molar-refractivity contribution in [2.75, 3.05) is 31.1 Å². The van der Waals surface area contributed by atoms with Crippen molar-refractivity contribution in [2.24, 2.45) is 11.8 Å². The second-order valence-electron chi connectivity index (χ2n) is 8.28. The second kappa shape index (κ2) is 8.72. The molecule has 3 heterocycles. The number of anilines is 1. The van der Waals surface area contributed by atoms with E-state index in [0.29, 0.717) is 11.8 Å². The summed E-state index contributed by atoms with van der Waals surface area (Å²) in [6.45, 7) is 5.47. The molecule has 1 unspecified atom stereocenters. The summed E-state index contributed by atoms with van der Waals surface area (Å²) in [6, 6.07) is 14.7. The highest BCUT2D eigenvalue weighted by atomic mass is 16.2. The van der Waals surface area contributed by atoms with Gasteiger partial charge in [0.2, 0.25) is 5.91 Å². The molecule has 4 rings (SSSR count). The predicted octanol–water partition coefficient (Wildman–Crippen LogP) is 3.48. The number of aryl methyl sites for hydroxylation is 1. The van der Waals surface area contributed by atoms with E-state index in [1.807, 2.05) is 19.1 Å². The Morgan fingerprint density at radius 2 is 1.79 bits per heavy atom. The Hall–Kier alpha value is -2.43. The molecule has 5 nitrogen and oxygen atoms in total. The molecular formula is C23H30N4O. The van der Waals surface area contributed by atoms with Crippen LogP contribution in [0.15, 0.2) is 42.5 Å². The Kier molecular flexibility index (Phi) is 5.89. The Bertz CT molecular complexity index is 769. The van der Waals surface area contributed by atoms with Crippen molar-refractivity contribution < 1.29 is 4.79 Å². The summed E-state index contributed by atoms with van der Waals surface area (Å²) < 4.78 is 0. The molecule has 2 fully saturated rings. The van der Waals surface area contributed by atoms with Crippen LogP contribution in [0.3, 0.4) is 0 Å². The average molecular weight is 379 g/mol. The maximum Gasteiger partial charge on any atom is 0.227 e. The van der Waals surface area contributed by atoms with Gasteiger partial charge in [0.05, 0.1) is 11.6 Å². The van der Waals surface area contributed by atoms with Gasteiger partial charge >= 0.3 is 0 Å². The number of rotatable bonds is 4. The van der Waals surface area contributed by atoms with Crippen LogP contribution in [-0.4, -0.2) is 47.2 Å². The first-order chi connectivity index (χ1) is 13.7. The molecule has 0 radical (unpaired) electrons. The lowest BCUT2D eigenvalue weighted by Gasteiger charge is -2.38. The lowest BCUT2D eigenvalue weighted by Crippen LogP contribution is -2.47. The number of piperidine rings is 2. The fourth-order valence-corrected chi connectivity index (χ4v) is 4.51. The molecule has 1 amide bonds. The van der Waals surface area contributed by atoms with Crippen molar-refractivity contribution in [3.05, 3.63) is 53.7 Å². The van der Waals surface area contributed by atoms with Crippen molar-refractivity contribution >= 4 is 11.7 Å². The highest BCUT2D eigenvalue weighted by Gasteiger charge is 2.32. The van der Waals surface area contributed by atoms with E-state index in [1.54, 1.807) is 0 Å². The lowest BCUT2D eigenvalue weighted by atomic mass is 9.89. The van der Waals surface area contributed by atoms with Gasteiger partial charge in [-0.1, -0.05) is 30.3 Å². The number of benzene rings is 1. The average Bonchev–Trinajstić information content (AvgIpc) is 2.75. The number of carbonyl (C=O) groups is 1. The molecule has 28 heavy (non-hydrogen) atoms. The Morgan fingerprint density at radius 1 is 1.00 bits per heavy atom. The zero-order chi connectivity index (χ0) is 19.3. The summed E-state index contributed by atoms with van der Waals surface area (Å²) in [6.07, 6.45) is 5.38. The third-order valence-corrected chi connectivity index (χ3v) is 6.17. The minimum Gasteiger partial charge on any atom is -0.354 e. The molecule has 1 atom stereocenters. The maximum absolute atomic E-state index is 13.1. The SMILES string of the molecule is Cc1ccc(N2CCCC(C(=O)N3CCC(Cc4ccccc4)CC3)C2)nn1. The number of carbonyl (C=O) groups excluding carboxylic acids is 1. The largest absolute Gasteiger partial charge is 0.354 e. The maximum atomic E-state index is 13.1. The summed E-state index contributed by atoms with van der Waals surface area (Å²) in [5, 5.41) is 8.48. The molecule has 0 saturated carbocycles. The van der Waals surface area contributed by atoms with Gasteiger partial charge in [0.25, 0.3) is 0 Å². The monoisotopic (exact) mass is 378 g/mol. The van der Waals surface area contributed by atoms with E-state index in [-0.39, 0.29) is 5.92 Å². The van der Waals surface area contributed by atoms with Crippen LogP contribution in [0.4, 0.5) is 5.82 Å². The van der Waals surface area contributed by atoms with E-state index >= 15 is 0 Å². The Labute approximate surface area is 167 Å². The molecular weight excluding hydrogens is 348 g/mol. The number of amides is 1. The molecule has 5 heteroatoms. The smallest absolute Gasteiger partial charge is 0.227 e. The molecule has 148 valence electrons. The number of hydrogen-bond acceptors (Lipinski definition) is 4. The molecule has 0 N–H and O–H groups in total. The van der Waals surface area contributed by atoms with E-state index < -0.39 is 0 Å². The molecule has 2 saturated heterocycles. The molecule has 2 aliphatic heterocycles. The van der Waals surface area contributed by atoms with Gasteiger partial charge < -0.3 is 9.80 Å². The molecule has 0 bridgehead atoms. The minimum atomic E-state index is 0.0857. The van der Waals surface area contributed by atoms with Crippen LogP contribution in [0.5, 0.6) is 0 Å². The van der Waals surface area contributed by atoms with Crippen LogP contribution in [0.25, 0.3) is 0 Å². The van der Waals surface area contributed by atoms with Crippen LogP contribution in [-0.2, 0) is 11.2 Å². The quantitative estimate of drug-likeness (QED) is 0.817. The lowest BCUT2D eigenvalue weighted by molar-refractivity contribution is -0.137. The number of likely N-dealkylation sites (tertiary alicyclic amines) is 1. The topological polar surface area (TPSA) is 49.3 Å². The number of hydrogen-bond donors (Lipinski definition) is 0. The molecule has 1 aromatic carbocycles.